The highest BCUT2D eigenvalue weighted by atomic mass is 16.5. The van der Waals surface area contributed by atoms with Gasteiger partial charge in [0.15, 0.2) is 0 Å². The maximum atomic E-state index is 5.83. The second kappa shape index (κ2) is 6.95. The quantitative estimate of drug-likeness (QED) is 0.858. The van der Waals surface area contributed by atoms with Gasteiger partial charge in [-0.1, -0.05) is 49.4 Å². The van der Waals surface area contributed by atoms with Crippen molar-refractivity contribution in [3.8, 4) is 5.75 Å². The van der Waals surface area contributed by atoms with Crippen LogP contribution in [-0.4, -0.2) is 12.6 Å². The van der Waals surface area contributed by atoms with Gasteiger partial charge in [0.05, 0.1) is 0 Å². The highest BCUT2D eigenvalue weighted by Gasteiger charge is 2.01. The molecular formula is C17H21NO. The van der Waals surface area contributed by atoms with E-state index >= 15 is 0 Å². The molecule has 0 spiro atoms. The standard InChI is InChI=1S/C17H21NO/c1-2-16(18)13-19-17-10-8-15(9-11-17)12-14-6-4-3-5-7-14/h3-11,16H,2,12-13,18H2,1H3. The number of nitrogens with two attached hydrogens (primary N) is 1. The summed E-state index contributed by atoms with van der Waals surface area (Å²) in [5.41, 5.74) is 8.44. The van der Waals surface area contributed by atoms with Crippen LogP contribution in [0, 0.1) is 0 Å². The number of hydrogen-bond acceptors (Lipinski definition) is 2. The summed E-state index contributed by atoms with van der Waals surface area (Å²) in [4.78, 5) is 0. The van der Waals surface area contributed by atoms with E-state index in [-0.39, 0.29) is 6.04 Å². The Bertz CT molecular complexity index is 478. The maximum absolute atomic E-state index is 5.83. The third kappa shape index (κ3) is 4.42. The van der Waals surface area contributed by atoms with Crippen LogP contribution < -0.4 is 10.5 Å². The van der Waals surface area contributed by atoms with Gasteiger partial charge in [0.25, 0.3) is 0 Å². The lowest BCUT2D eigenvalue weighted by molar-refractivity contribution is 0.285. The minimum absolute atomic E-state index is 0.115. The first kappa shape index (κ1) is 13.6. The molecule has 2 rings (SSSR count). The van der Waals surface area contributed by atoms with E-state index in [2.05, 4.69) is 43.3 Å². The van der Waals surface area contributed by atoms with Crippen LogP contribution in [0.1, 0.15) is 24.5 Å². The van der Waals surface area contributed by atoms with E-state index in [0.29, 0.717) is 6.61 Å². The summed E-state index contributed by atoms with van der Waals surface area (Å²) in [7, 11) is 0. The lowest BCUT2D eigenvalue weighted by atomic mass is 10.1. The molecule has 0 amide bonds. The van der Waals surface area contributed by atoms with Gasteiger partial charge in [-0.15, -0.1) is 0 Å². The second-order valence-electron chi connectivity index (χ2n) is 4.79. The van der Waals surface area contributed by atoms with Crippen molar-refractivity contribution in [1.82, 2.24) is 0 Å². The maximum Gasteiger partial charge on any atom is 0.119 e. The molecule has 1 atom stereocenters. The molecule has 0 saturated carbocycles. The summed E-state index contributed by atoms with van der Waals surface area (Å²) in [6, 6.07) is 18.8. The van der Waals surface area contributed by atoms with Crippen molar-refractivity contribution < 1.29 is 4.74 Å². The van der Waals surface area contributed by atoms with Crippen LogP contribution in [0.15, 0.2) is 54.6 Å². The predicted octanol–water partition coefficient (Wildman–Crippen LogP) is 3.39. The van der Waals surface area contributed by atoms with Gasteiger partial charge in [-0.05, 0) is 36.1 Å². The summed E-state index contributed by atoms with van der Waals surface area (Å²) in [6.07, 6.45) is 1.89. The zero-order valence-electron chi connectivity index (χ0n) is 11.4. The Morgan fingerprint density at radius 2 is 1.58 bits per heavy atom. The molecule has 0 saturated heterocycles. The van der Waals surface area contributed by atoms with Crippen LogP contribution in [0.3, 0.4) is 0 Å². The smallest absolute Gasteiger partial charge is 0.119 e. The summed E-state index contributed by atoms with van der Waals surface area (Å²) in [5, 5.41) is 0. The summed E-state index contributed by atoms with van der Waals surface area (Å²) in [5.74, 6) is 0.890. The molecule has 0 aromatic heterocycles. The number of hydrogen-bond donors (Lipinski definition) is 1. The normalized spacial score (nSPS) is 12.1. The van der Waals surface area contributed by atoms with Crippen molar-refractivity contribution in [2.75, 3.05) is 6.61 Å². The van der Waals surface area contributed by atoms with Crippen LogP contribution in [0.5, 0.6) is 5.75 Å². The van der Waals surface area contributed by atoms with E-state index in [9.17, 15) is 0 Å². The van der Waals surface area contributed by atoms with Gasteiger partial charge in [-0.2, -0.15) is 0 Å². The molecule has 0 aliphatic rings. The molecule has 0 aliphatic carbocycles. The van der Waals surface area contributed by atoms with Gasteiger partial charge in [-0.25, -0.2) is 0 Å². The van der Waals surface area contributed by atoms with Crippen LogP contribution in [0.2, 0.25) is 0 Å². The molecule has 2 heteroatoms. The first-order valence-corrected chi connectivity index (χ1v) is 6.79. The first-order chi connectivity index (χ1) is 9.28. The first-order valence-electron chi connectivity index (χ1n) is 6.79. The zero-order valence-corrected chi connectivity index (χ0v) is 11.4. The summed E-state index contributed by atoms with van der Waals surface area (Å²) < 4.78 is 5.64. The SMILES string of the molecule is CCC(N)COc1ccc(Cc2ccccc2)cc1. The van der Waals surface area contributed by atoms with Crippen molar-refractivity contribution >= 4 is 0 Å². The Kier molecular flexibility index (Phi) is 4.99. The van der Waals surface area contributed by atoms with E-state index in [0.717, 1.165) is 18.6 Å². The van der Waals surface area contributed by atoms with Crippen LogP contribution in [-0.2, 0) is 6.42 Å². The topological polar surface area (TPSA) is 35.2 Å². The van der Waals surface area contributed by atoms with Crippen LogP contribution >= 0.6 is 0 Å². The summed E-state index contributed by atoms with van der Waals surface area (Å²) in [6.45, 7) is 2.64. The minimum atomic E-state index is 0.115. The molecule has 0 aliphatic heterocycles. The molecule has 0 bridgehead atoms. The van der Waals surface area contributed by atoms with Gasteiger partial charge in [-0.3, -0.25) is 0 Å². The lowest BCUT2D eigenvalue weighted by Crippen LogP contribution is -2.26. The van der Waals surface area contributed by atoms with E-state index in [4.69, 9.17) is 10.5 Å². The van der Waals surface area contributed by atoms with Gasteiger partial charge in [0, 0.05) is 6.04 Å². The summed E-state index contributed by atoms with van der Waals surface area (Å²) >= 11 is 0. The Balaban J connectivity index is 1.91. The molecular weight excluding hydrogens is 234 g/mol. The average Bonchev–Trinajstić information content (AvgIpc) is 2.47. The third-order valence-electron chi connectivity index (χ3n) is 3.16. The average molecular weight is 255 g/mol. The largest absolute Gasteiger partial charge is 0.492 e. The molecule has 1 unspecified atom stereocenters. The Labute approximate surface area is 115 Å². The molecule has 100 valence electrons. The highest BCUT2D eigenvalue weighted by molar-refractivity contribution is 5.31. The molecule has 0 radical (unpaired) electrons. The Morgan fingerprint density at radius 3 is 2.21 bits per heavy atom. The number of ether oxygens (including phenoxy) is 1. The zero-order chi connectivity index (χ0) is 13.5. The second-order valence-corrected chi connectivity index (χ2v) is 4.79. The number of benzene rings is 2. The van der Waals surface area contributed by atoms with Crippen molar-refractivity contribution in [2.45, 2.75) is 25.8 Å². The lowest BCUT2D eigenvalue weighted by Gasteiger charge is -2.11. The monoisotopic (exact) mass is 255 g/mol. The van der Waals surface area contributed by atoms with Gasteiger partial charge in [0.2, 0.25) is 0 Å². The van der Waals surface area contributed by atoms with E-state index in [1.807, 2.05) is 18.2 Å². The van der Waals surface area contributed by atoms with Gasteiger partial charge in [0.1, 0.15) is 12.4 Å². The third-order valence-corrected chi connectivity index (χ3v) is 3.16. The highest BCUT2D eigenvalue weighted by Crippen LogP contribution is 2.15. The molecule has 2 N–H and O–H groups in total. The Morgan fingerprint density at radius 1 is 0.947 bits per heavy atom. The molecule has 0 heterocycles. The molecule has 2 aromatic rings. The van der Waals surface area contributed by atoms with Crippen molar-refractivity contribution in [3.63, 3.8) is 0 Å². The van der Waals surface area contributed by atoms with Gasteiger partial charge < -0.3 is 10.5 Å². The minimum Gasteiger partial charge on any atom is -0.492 e. The molecule has 0 fully saturated rings. The van der Waals surface area contributed by atoms with E-state index in [1.165, 1.54) is 11.1 Å². The van der Waals surface area contributed by atoms with Crippen molar-refractivity contribution in [3.05, 3.63) is 65.7 Å². The van der Waals surface area contributed by atoms with Gasteiger partial charge >= 0.3 is 0 Å². The predicted molar refractivity (Wildman–Crippen MR) is 79.5 cm³/mol. The molecule has 2 nitrogen and oxygen atoms in total. The van der Waals surface area contributed by atoms with Crippen molar-refractivity contribution in [2.24, 2.45) is 5.73 Å². The Hall–Kier alpha value is -1.80. The van der Waals surface area contributed by atoms with Crippen LogP contribution in [0.4, 0.5) is 0 Å². The fourth-order valence-corrected chi connectivity index (χ4v) is 1.86. The fraction of sp³-hybridized carbons (Fsp3) is 0.294. The number of rotatable bonds is 6. The van der Waals surface area contributed by atoms with Crippen LogP contribution in [0.25, 0.3) is 0 Å². The molecule has 19 heavy (non-hydrogen) atoms. The van der Waals surface area contributed by atoms with E-state index in [1.54, 1.807) is 0 Å². The fourth-order valence-electron chi connectivity index (χ4n) is 1.86. The molecule has 2 aromatic carbocycles. The van der Waals surface area contributed by atoms with E-state index < -0.39 is 0 Å². The van der Waals surface area contributed by atoms with Crippen molar-refractivity contribution in [1.29, 1.82) is 0 Å².